The Bertz CT molecular complexity index is 1510. The van der Waals surface area contributed by atoms with Gasteiger partial charge in [0.25, 0.3) is 0 Å². The van der Waals surface area contributed by atoms with E-state index in [9.17, 15) is 29.5 Å². The topological polar surface area (TPSA) is 155 Å². The smallest absolute Gasteiger partial charge is 0.368 e. The summed E-state index contributed by atoms with van der Waals surface area (Å²) in [7, 11) is 0. The number of aliphatic hydroxyl groups is 1. The molecule has 2 spiro atoms. The molecule has 3 aliphatic carbocycles. The van der Waals surface area contributed by atoms with Gasteiger partial charge in [-0.05, 0) is 0 Å². The van der Waals surface area contributed by atoms with Gasteiger partial charge >= 0.3 is 11.4 Å². The number of rotatable bonds is 0. The molecule has 0 radical (unpaired) electrons. The molecule has 1 unspecified atom stereocenters. The van der Waals surface area contributed by atoms with Gasteiger partial charge in [0.2, 0.25) is 5.41 Å². The fraction of sp³-hybridized carbons (Fsp3) is 0.167. The summed E-state index contributed by atoms with van der Waals surface area (Å²) < 4.78 is 0. The molecule has 0 bridgehead atoms. The van der Waals surface area contributed by atoms with Crippen molar-refractivity contribution in [3.05, 3.63) is 93.5 Å². The van der Waals surface area contributed by atoms with E-state index in [1.54, 1.807) is 6.07 Å². The number of nitrogens with zero attached hydrogens (tertiary/aromatic N) is 2. The Balaban J connectivity index is 1.89. The van der Waals surface area contributed by atoms with Gasteiger partial charge in [-0.2, -0.15) is 5.26 Å². The number of benzene rings is 2. The first kappa shape index (κ1) is 19.1. The highest BCUT2D eigenvalue weighted by Gasteiger charge is 2.99. The number of amides is 1. The summed E-state index contributed by atoms with van der Waals surface area (Å²) in [6, 6.07) is 13.2. The van der Waals surface area contributed by atoms with E-state index in [4.69, 9.17) is 12.3 Å². The van der Waals surface area contributed by atoms with Crippen molar-refractivity contribution in [2.24, 2.45) is 16.6 Å². The molecule has 4 N–H and O–H groups in total. The molecule has 1 amide bonds. The second kappa shape index (κ2) is 5.23. The van der Waals surface area contributed by atoms with Gasteiger partial charge in [-0.3, -0.25) is 24.0 Å². The molecule has 2 aromatic carbocycles. The van der Waals surface area contributed by atoms with Crippen molar-refractivity contribution in [3.8, 4) is 6.07 Å². The Morgan fingerprint density at radius 3 is 2.03 bits per heavy atom. The van der Waals surface area contributed by atoms with Crippen molar-refractivity contribution in [2.45, 2.75) is 11.3 Å². The number of nitrogens with two attached hydrogens (primary N) is 1. The van der Waals surface area contributed by atoms with Crippen LogP contribution in [0.25, 0.3) is 4.85 Å². The SMILES string of the molecule is [C-]#[N+][C@@]12C(=O)N[C@@]3(O)c4ccccc4C(=O)C13C1(C(=O)c3ccccc3C1=O)C(C#N)=C2N. The lowest BCUT2D eigenvalue weighted by atomic mass is 9.51. The predicted octanol–water partition coefficient (Wildman–Crippen LogP) is 0.618. The molecule has 4 aliphatic rings. The van der Waals surface area contributed by atoms with Gasteiger partial charge in [0.15, 0.2) is 28.5 Å². The molecule has 2 aromatic rings. The van der Waals surface area contributed by atoms with Crippen LogP contribution in [0.2, 0.25) is 0 Å². The maximum absolute atomic E-state index is 14.2. The predicted molar refractivity (Wildman–Crippen MR) is 109 cm³/mol. The van der Waals surface area contributed by atoms with E-state index in [-0.39, 0.29) is 22.3 Å². The number of carbonyl (C=O) groups is 4. The molecular weight excluding hydrogens is 424 g/mol. The number of hydrogen-bond donors (Lipinski definition) is 3. The number of ketones is 3. The van der Waals surface area contributed by atoms with Crippen LogP contribution in [0.4, 0.5) is 0 Å². The quantitative estimate of drug-likeness (QED) is 0.404. The molecule has 1 heterocycles. The van der Waals surface area contributed by atoms with Crippen molar-refractivity contribution in [1.82, 2.24) is 5.32 Å². The molecule has 1 fully saturated rings. The second-order valence-electron chi connectivity index (χ2n) is 8.47. The van der Waals surface area contributed by atoms with Crippen molar-refractivity contribution in [1.29, 1.82) is 5.26 Å². The zero-order valence-corrected chi connectivity index (χ0v) is 16.7. The number of allylic oxidation sites excluding steroid dienone is 1. The van der Waals surface area contributed by atoms with Crippen molar-refractivity contribution in [2.75, 3.05) is 0 Å². The third kappa shape index (κ3) is 1.40. The molecule has 1 saturated heterocycles. The molecule has 0 aromatic heterocycles. The zero-order valence-electron chi connectivity index (χ0n) is 16.7. The van der Waals surface area contributed by atoms with E-state index in [0.29, 0.717) is 0 Å². The first-order chi connectivity index (χ1) is 15.7. The second-order valence-corrected chi connectivity index (χ2v) is 8.47. The first-order valence-electron chi connectivity index (χ1n) is 9.90. The highest BCUT2D eigenvalue weighted by Crippen LogP contribution is 2.76. The summed E-state index contributed by atoms with van der Waals surface area (Å²) in [6.45, 7) is 7.97. The van der Waals surface area contributed by atoms with Gasteiger partial charge < -0.3 is 16.2 Å². The fourth-order valence-corrected chi connectivity index (χ4v) is 6.48. The largest absolute Gasteiger partial charge is 0.394 e. The highest BCUT2D eigenvalue weighted by atomic mass is 16.3. The molecule has 9 nitrogen and oxygen atoms in total. The average molecular weight is 436 g/mol. The Morgan fingerprint density at radius 1 is 0.939 bits per heavy atom. The van der Waals surface area contributed by atoms with Gasteiger partial charge in [-0.25, -0.2) is 6.57 Å². The van der Waals surface area contributed by atoms with E-state index in [1.807, 2.05) is 0 Å². The standard InChI is InChI=1S/C24H12N4O5/c1-27-22-16(26)15(10-25)21(17(29)11-6-2-3-7-12(11)18(21)30)23(22)19(31)13-8-4-5-9-14(13)24(23,33)28-20(22)32/h2-9,33H,26H2,(H,28,32)/t22-,23?,24+/m0/s1. The normalized spacial score (nSPS) is 32.2. The molecule has 1 aliphatic heterocycles. The average Bonchev–Trinajstić information content (AvgIpc) is 3.35. The maximum Gasteiger partial charge on any atom is 0.368 e. The van der Waals surface area contributed by atoms with E-state index in [1.165, 1.54) is 48.5 Å². The molecule has 0 saturated carbocycles. The lowest BCUT2D eigenvalue weighted by Gasteiger charge is -2.42. The molecule has 33 heavy (non-hydrogen) atoms. The number of nitrogens with one attached hydrogen (secondary N) is 1. The Hall–Kier alpha value is -4.60. The van der Waals surface area contributed by atoms with Crippen LogP contribution in [-0.2, 0) is 10.5 Å². The minimum atomic E-state index is -2.74. The van der Waals surface area contributed by atoms with E-state index < -0.39 is 56.6 Å². The third-order valence-electron chi connectivity index (χ3n) is 7.58. The molecule has 9 heteroatoms. The van der Waals surface area contributed by atoms with Crippen LogP contribution in [0, 0.1) is 28.7 Å². The molecule has 6 rings (SSSR count). The van der Waals surface area contributed by atoms with Gasteiger partial charge in [-0.15, -0.1) is 0 Å². The van der Waals surface area contributed by atoms with Gasteiger partial charge in [0.05, 0.1) is 11.6 Å². The number of carbonyl (C=O) groups excluding carboxylic acids is 4. The van der Waals surface area contributed by atoms with Gasteiger partial charge in [0.1, 0.15) is 5.70 Å². The number of fused-ring (bicyclic) bond motifs is 3. The lowest BCUT2D eigenvalue weighted by molar-refractivity contribution is -0.124. The Kier molecular flexibility index (Phi) is 3.03. The van der Waals surface area contributed by atoms with Crippen molar-refractivity contribution < 1.29 is 24.3 Å². The highest BCUT2D eigenvalue weighted by molar-refractivity contribution is 6.38. The zero-order chi connectivity index (χ0) is 23.6. The minimum Gasteiger partial charge on any atom is -0.394 e. The summed E-state index contributed by atoms with van der Waals surface area (Å²) in [5.41, 5.74) is -6.14. The molecular formula is C24H12N4O5. The summed E-state index contributed by atoms with van der Waals surface area (Å²) >= 11 is 0. The Morgan fingerprint density at radius 2 is 1.48 bits per heavy atom. The maximum atomic E-state index is 14.2. The van der Waals surface area contributed by atoms with Crippen molar-refractivity contribution >= 4 is 23.3 Å². The van der Waals surface area contributed by atoms with E-state index in [0.717, 1.165) is 0 Å². The first-order valence-corrected chi connectivity index (χ1v) is 9.90. The third-order valence-corrected chi connectivity index (χ3v) is 7.58. The number of nitriles is 1. The fourth-order valence-electron chi connectivity index (χ4n) is 6.48. The van der Waals surface area contributed by atoms with Gasteiger partial charge in [-0.1, -0.05) is 48.5 Å². The molecule has 3 atom stereocenters. The number of hydrogen-bond acceptors (Lipinski definition) is 7. The van der Waals surface area contributed by atoms with Crippen LogP contribution in [0.1, 0.15) is 36.6 Å². The van der Waals surface area contributed by atoms with Crippen LogP contribution in [0.15, 0.2) is 59.8 Å². The van der Waals surface area contributed by atoms with Crippen LogP contribution in [0.5, 0.6) is 0 Å². The van der Waals surface area contributed by atoms with Crippen molar-refractivity contribution in [3.63, 3.8) is 0 Å². The monoisotopic (exact) mass is 436 g/mol. The summed E-state index contributed by atoms with van der Waals surface area (Å²) in [5.74, 6) is -4.03. The van der Waals surface area contributed by atoms with Gasteiger partial charge in [0, 0.05) is 22.3 Å². The van der Waals surface area contributed by atoms with E-state index in [2.05, 4.69) is 10.2 Å². The summed E-state index contributed by atoms with van der Waals surface area (Å²) in [4.78, 5) is 59.2. The summed E-state index contributed by atoms with van der Waals surface area (Å²) in [6.07, 6.45) is 0. The van der Waals surface area contributed by atoms with Crippen LogP contribution < -0.4 is 11.1 Å². The Labute approximate surface area is 185 Å². The minimum absolute atomic E-state index is 0.0724. The van der Waals surface area contributed by atoms with Crippen LogP contribution in [-0.4, -0.2) is 33.9 Å². The van der Waals surface area contributed by atoms with Crippen LogP contribution >= 0.6 is 0 Å². The number of Topliss-reactive ketones (excluding diaryl/α,β-unsaturated/α-hetero) is 3. The summed E-state index contributed by atoms with van der Waals surface area (Å²) in [5, 5.41) is 24.5. The lowest BCUT2D eigenvalue weighted by Crippen LogP contribution is -2.66. The molecule has 158 valence electrons. The van der Waals surface area contributed by atoms with Crippen LogP contribution in [0.3, 0.4) is 0 Å². The van der Waals surface area contributed by atoms with E-state index >= 15 is 0 Å².